The maximum Gasteiger partial charge on any atom is 0.345 e. The van der Waals surface area contributed by atoms with E-state index in [-0.39, 0.29) is 10.7 Å². The Labute approximate surface area is 73.7 Å². The number of rotatable bonds is 4. The predicted octanol–water partition coefficient (Wildman–Crippen LogP) is 1.20. The van der Waals surface area contributed by atoms with Crippen molar-refractivity contribution < 1.29 is 13.6 Å². The molecule has 0 aromatic heterocycles. The Hall–Kier alpha value is 0.157. The van der Waals surface area contributed by atoms with Crippen LogP contribution >= 0.6 is 12.6 Å². The molecule has 5 heteroatoms. The van der Waals surface area contributed by atoms with Crippen LogP contribution in [0.5, 0.6) is 0 Å². The van der Waals surface area contributed by atoms with Crippen LogP contribution in [0.4, 0.5) is 0 Å². The van der Waals surface area contributed by atoms with E-state index in [2.05, 4.69) is 12.6 Å². The van der Waals surface area contributed by atoms with Gasteiger partial charge in [0.15, 0.2) is 5.12 Å². The molecule has 0 bridgehead atoms. The smallest absolute Gasteiger partial charge is 0.345 e. The van der Waals surface area contributed by atoms with Crippen molar-refractivity contribution in [2.45, 2.75) is 19.0 Å². The molecule has 1 unspecified atom stereocenters. The summed E-state index contributed by atoms with van der Waals surface area (Å²) >= 11 is 3.73. The van der Waals surface area contributed by atoms with Crippen LogP contribution in [0.2, 0.25) is 12.1 Å². The fourth-order valence-corrected chi connectivity index (χ4v) is 2.69. The van der Waals surface area contributed by atoms with Gasteiger partial charge in [0.2, 0.25) is 0 Å². The predicted molar refractivity (Wildman–Crippen MR) is 49.1 cm³/mol. The SMILES string of the molecule is CO[Si](C)(OC)C(C)C(=O)S. The minimum absolute atomic E-state index is 0.178. The first-order valence-corrected chi connectivity index (χ1v) is 6.15. The number of hydrogen-bond donors (Lipinski definition) is 1. The van der Waals surface area contributed by atoms with Crippen LogP contribution in [0.15, 0.2) is 0 Å². The quantitative estimate of drug-likeness (QED) is 0.539. The highest BCUT2D eigenvalue weighted by atomic mass is 32.1. The monoisotopic (exact) mass is 194 g/mol. The van der Waals surface area contributed by atoms with Crippen molar-refractivity contribution in [2.24, 2.45) is 0 Å². The average Bonchev–Trinajstić information content (AvgIpc) is 2.01. The largest absolute Gasteiger partial charge is 0.397 e. The molecule has 66 valence electrons. The lowest BCUT2D eigenvalue weighted by Crippen LogP contribution is -2.42. The van der Waals surface area contributed by atoms with E-state index in [0.717, 1.165) is 0 Å². The van der Waals surface area contributed by atoms with Crippen LogP contribution in [0.1, 0.15) is 6.92 Å². The van der Waals surface area contributed by atoms with Crippen LogP contribution in [-0.2, 0) is 13.6 Å². The molecule has 0 heterocycles. The average molecular weight is 194 g/mol. The van der Waals surface area contributed by atoms with Gasteiger partial charge in [-0.2, -0.15) is 0 Å². The number of thiol groups is 1. The molecule has 0 N–H and O–H groups in total. The van der Waals surface area contributed by atoms with E-state index < -0.39 is 8.56 Å². The van der Waals surface area contributed by atoms with Gasteiger partial charge in [-0.15, -0.1) is 12.6 Å². The van der Waals surface area contributed by atoms with Crippen molar-refractivity contribution in [3.63, 3.8) is 0 Å². The summed E-state index contributed by atoms with van der Waals surface area (Å²) in [5.74, 6) is 0. The van der Waals surface area contributed by atoms with Crippen LogP contribution in [0.3, 0.4) is 0 Å². The van der Waals surface area contributed by atoms with E-state index >= 15 is 0 Å². The highest BCUT2D eigenvalue weighted by Gasteiger charge is 2.39. The first kappa shape index (κ1) is 11.2. The minimum Gasteiger partial charge on any atom is -0.397 e. The lowest BCUT2D eigenvalue weighted by molar-refractivity contribution is -0.111. The van der Waals surface area contributed by atoms with E-state index in [0.29, 0.717) is 0 Å². The zero-order valence-electron chi connectivity index (χ0n) is 7.25. The summed E-state index contributed by atoms with van der Waals surface area (Å²) in [6, 6.07) is 0. The molecular weight excluding hydrogens is 180 g/mol. The van der Waals surface area contributed by atoms with Gasteiger partial charge in [-0.3, -0.25) is 4.79 Å². The Kier molecular flexibility index (Phi) is 4.31. The highest BCUT2D eigenvalue weighted by Crippen LogP contribution is 2.24. The summed E-state index contributed by atoms with van der Waals surface area (Å²) in [5, 5.41) is -0.178. The molecule has 11 heavy (non-hydrogen) atoms. The molecule has 1 atom stereocenters. The van der Waals surface area contributed by atoms with Gasteiger partial charge in [0.05, 0.1) is 5.54 Å². The Balaban J connectivity index is 4.36. The van der Waals surface area contributed by atoms with E-state index in [9.17, 15) is 4.79 Å². The highest BCUT2D eigenvalue weighted by molar-refractivity contribution is 7.97. The van der Waals surface area contributed by atoms with E-state index in [4.69, 9.17) is 8.85 Å². The molecule has 3 nitrogen and oxygen atoms in total. The van der Waals surface area contributed by atoms with Gasteiger partial charge in [0.25, 0.3) is 0 Å². The van der Waals surface area contributed by atoms with Gasteiger partial charge in [-0.05, 0) is 6.55 Å². The van der Waals surface area contributed by atoms with Gasteiger partial charge in [-0.1, -0.05) is 6.92 Å². The summed E-state index contributed by atoms with van der Waals surface area (Å²) in [6.45, 7) is 3.61. The summed E-state index contributed by atoms with van der Waals surface area (Å²) < 4.78 is 10.3. The second-order valence-corrected chi connectivity index (χ2v) is 6.64. The molecular formula is C6H14O3SSi. The molecule has 0 fully saturated rings. The molecule has 0 aromatic carbocycles. The number of carbonyl (C=O) groups excluding carboxylic acids is 1. The van der Waals surface area contributed by atoms with Crippen molar-refractivity contribution in [3.8, 4) is 0 Å². The van der Waals surface area contributed by atoms with Gasteiger partial charge < -0.3 is 8.85 Å². The Morgan fingerprint density at radius 1 is 1.45 bits per heavy atom. The van der Waals surface area contributed by atoms with Crippen molar-refractivity contribution in [2.75, 3.05) is 14.2 Å². The molecule has 0 aliphatic heterocycles. The molecule has 0 rings (SSSR count). The van der Waals surface area contributed by atoms with E-state index in [1.807, 2.05) is 6.55 Å². The summed E-state index contributed by atoms with van der Waals surface area (Å²) in [6.07, 6.45) is 0. The van der Waals surface area contributed by atoms with Crippen LogP contribution in [0, 0.1) is 0 Å². The Morgan fingerprint density at radius 2 is 1.82 bits per heavy atom. The third-order valence-electron chi connectivity index (χ3n) is 1.97. The van der Waals surface area contributed by atoms with Crippen molar-refractivity contribution in [3.05, 3.63) is 0 Å². The molecule has 0 spiro atoms. The fraction of sp³-hybridized carbons (Fsp3) is 0.833. The molecule has 0 aromatic rings. The van der Waals surface area contributed by atoms with Crippen molar-refractivity contribution >= 4 is 26.3 Å². The second kappa shape index (κ2) is 4.25. The molecule has 0 radical (unpaired) electrons. The zero-order chi connectivity index (χ0) is 9.07. The minimum atomic E-state index is -2.29. The third-order valence-corrected chi connectivity index (χ3v) is 6.05. The fourth-order valence-electron chi connectivity index (χ4n) is 0.661. The molecule has 0 amide bonds. The Morgan fingerprint density at radius 3 is 1.91 bits per heavy atom. The first-order chi connectivity index (χ1) is 4.98. The van der Waals surface area contributed by atoms with Gasteiger partial charge in [0.1, 0.15) is 0 Å². The van der Waals surface area contributed by atoms with E-state index in [1.165, 1.54) is 0 Å². The Bertz CT molecular complexity index is 147. The first-order valence-electron chi connectivity index (χ1n) is 3.31. The number of carbonyl (C=O) groups is 1. The standard InChI is InChI=1S/C6H14O3SSi/c1-5(6(7)10)11(4,8-2)9-3/h5H,1-4H3,(H,7,10). The van der Waals surface area contributed by atoms with Crippen LogP contribution < -0.4 is 0 Å². The van der Waals surface area contributed by atoms with Crippen LogP contribution in [-0.4, -0.2) is 27.9 Å². The van der Waals surface area contributed by atoms with Crippen molar-refractivity contribution in [1.82, 2.24) is 0 Å². The summed E-state index contributed by atoms with van der Waals surface area (Å²) in [7, 11) is 0.827. The molecule has 0 aliphatic carbocycles. The third kappa shape index (κ3) is 2.59. The molecule has 0 aliphatic rings. The topological polar surface area (TPSA) is 35.5 Å². The summed E-state index contributed by atoms with van der Waals surface area (Å²) in [5.41, 5.74) is -0.235. The number of hydrogen-bond acceptors (Lipinski definition) is 3. The lowest BCUT2D eigenvalue weighted by atomic mass is 10.5. The molecule has 0 saturated heterocycles. The van der Waals surface area contributed by atoms with Gasteiger partial charge >= 0.3 is 8.56 Å². The maximum absolute atomic E-state index is 10.8. The maximum atomic E-state index is 10.8. The normalized spacial score (nSPS) is 14.6. The van der Waals surface area contributed by atoms with Gasteiger partial charge in [-0.25, -0.2) is 0 Å². The van der Waals surface area contributed by atoms with Crippen molar-refractivity contribution in [1.29, 1.82) is 0 Å². The van der Waals surface area contributed by atoms with Crippen LogP contribution in [0.25, 0.3) is 0 Å². The molecule has 0 saturated carbocycles. The van der Waals surface area contributed by atoms with E-state index in [1.54, 1.807) is 21.1 Å². The summed E-state index contributed by atoms with van der Waals surface area (Å²) in [4.78, 5) is 10.8. The lowest BCUT2D eigenvalue weighted by Gasteiger charge is -2.26. The zero-order valence-corrected chi connectivity index (χ0v) is 9.14. The second-order valence-electron chi connectivity index (χ2n) is 2.48. The van der Waals surface area contributed by atoms with Gasteiger partial charge in [0, 0.05) is 14.2 Å².